The summed E-state index contributed by atoms with van der Waals surface area (Å²) in [5.74, 6) is 1.31. The van der Waals surface area contributed by atoms with E-state index >= 15 is 0 Å². The number of amides is 1. The summed E-state index contributed by atoms with van der Waals surface area (Å²) < 4.78 is 0. The van der Waals surface area contributed by atoms with Gasteiger partial charge in [-0.3, -0.25) is 4.79 Å². The molecule has 1 aromatic rings. The minimum atomic E-state index is 0.261. The third kappa shape index (κ3) is 4.09. The van der Waals surface area contributed by atoms with Crippen LogP contribution in [0.4, 0.5) is 5.69 Å². The lowest BCUT2D eigenvalue weighted by Gasteiger charge is -2.19. The molecule has 0 N–H and O–H groups in total. The van der Waals surface area contributed by atoms with Gasteiger partial charge in [-0.15, -0.1) is 0 Å². The van der Waals surface area contributed by atoms with Crippen molar-refractivity contribution in [3.8, 4) is 0 Å². The Bertz CT molecular complexity index is 510. The number of carbonyl (C=O) groups excluding carboxylic acids is 1. The highest BCUT2D eigenvalue weighted by molar-refractivity contribution is 9.09. The highest BCUT2D eigenvalue weighted by atomic mass is 79.9. The summed E-state index contributed by atoms with van der Waals surface area (Å²) in [6.07, 6.45) is 2.67. The van der Waals surface area contributed by atoms with Gasteiger partial charge in [0.05, 0.1) is 0 Å². The first-order valence-corrected chi connectivity index (χ1v) is 8.86. The first kappa shape index (κ1) is 16.5. The molecule has 2 nitrogen and oxygen atoms in total. The number of nitrogens with zero attached hydrogens (tertiary/aromatic N) is 1. The van der Waals surface area contributed by atoms with Crippen LogP contribution in [0.25, 0.3) is 0 Å². The molecule has 0 radical (unpaired) electrons. The maximum absolute atomic E-state index is 12.3. The standard InChI is InChI=1S/C18H26BrNO/c1-12(2)9-18(21)20-8-7-15-10-14(5-6-17(15)20)11-16(19)13(3)4/h5-6,10,12-13,16H,7-9,11H2,1-4H3. The first-order chi connectivity index (χ1) is 9.88. The number of rotatable bonds is 5. The van der Waals surface area contributed by atoms with E-state index in [1.54, 1.807) is 0 Å². The lowest BCUT2D eigenvalue weighted by molar-refractivity contribution is -0.119. The molecule has 2 rings (SSSR count). The number of halogens is 1. The monoisotopic (exact) mass is 351 g/mol. The van der Waals surface area contributed by atoms with Crippen molar-refractivity contribution in [2.75, 3.05) is 11.4 Å². The van der Waals surface area contributed by atoms with E-state index in [1.807, 2.05) is 4.90 Å². The van der Waals surface area contributed by atoms with Gasteiger partial charge in [0.2, 0.25) is 5.91 Å². The quantitative estimate of drug-likeness (QED) is 0.710. The van der Waals surface area contributed by atoms with Gasteiger partial charge >= 0.3 is 0 Å². The van der Waals surface area contributed by atoms with Crippen molar-refractivity contribution in [2.45, 2.75) is 51.8 Å². The van der Waals surface area contributed by atoms with E-state index in [2.05, 4.69) is 61.8 Å². The summed E-state index contributed by atoms with van der Waals surface area (Å²) in [6.45, 7) is 9.50. The van der Waals surface area contributed by atoms with E-state index in [0.29, 0.717) is 23.1 Å². The second kappa shape index (κ2) is 6.95. The molecular formula is C18H26BrNO. The SMILES string of the molecule is CC(C)CC(=O)N1CCc2cc(CC(Br)C(C)C)ccc21. The van der Waals surface area contributed by atoms with Gasteiger partial charge in [0, 0.05) is 23.5 Å². The molecule has 1 aromatic carbocycles. The summed E-state index contributed by atoms with van der Waals surface area (Å²) >= 11 is 3.76. The highest BCUT2D eigenvalue weighted by Gasteiger charge is 2.25. The van der Waals surface area contributed by atoms with Gasteiger partial charge in [0.15, 0.2) is 0 Å². The molecule has 0 saturated heterocycles. The van der Waals surface area contributed by atoms with Crippen LogP contribution in [0.15, 0.2) is 18.2 Å². The maximum atomic E-state index is 12.3. The van der Waals surface area contributed by atoms with Gasteiger partial charge in [-0.25, -0.2) is 0 Å². The van der Waals surface area contributed by atoms with Crippen LogP contribution in [0.5, 0.6) is 0 Å². The van der Waals surface area contributed by atoms with Crippen molar-refractivity contribution < 1.29 is 4.79 Å². The highest BCUT2D eigenvalue weighted by Crippen LogP contribution is 2.31. The van der Waals surface area contributed by atoms with Crippen molar-refractivity contribution >= 4 is 27.5 Å². The Labute approximate surface area is 137 Å². The van der Waals surface area contributed by atoms with Crippen molar-refractivity contribution in [3.05, 3.63) is 29.3 Å². The molecule has 0 bridgehead atoms. The molecule has 0 fully saturated rings. The third-order valence-electron chi connectivity index (χ3n) is 4.08. The number of alkyl halides is 1. The number of fused-ring (bicyclic) bond motifs is 1. The van der Waals surface area contributed by atoms with Crippen LogP contribution in [-0.4, -0.2) is 17.3 Å². The number of anilines is 1. The molecule has 1 amide bonds. The van der Waals surface area contributed by atoms with Crippen LogP contribution in [0, 0.1) is 11.8 Å². The fraction of sp³-hybridized carbons (Fsp3) is 0.611. The Hall–Kier alpha value is -0.830. The molecule has 21 heavy (non-hydrogen) atoms. The van der Waals surface area contributed by atoms with Gasteiger partial charge in [-0.1, -0.05) is 55.8 Å². The number of carbonyl (C=O) groups is 1. The molecule has 1 aliphatic rings. The maximum Gasteiger partial charge on any atom is 0.227 e. The van der Waals surface area contributed by atoms with Crippen LogP contribution in [-0.2, 0) is 17.6 Å². The molecule has 0 aliphatic carbocycles. The minimum Gasteiger partial charge on any atom is -0.312 e. The molecule has 1 aliphatic heterocycles. The van der Waals surface area contributed by atoms with E-state index in [9.17, 15) is 4.79 Å². The van der Waals surface area contributed by atoms with Crippen LogP contribution >= 0.6 is 15.9 Å². The zero-order valence-corrected chi connectivity index (χ0v) is 15.1. The number of hydrogen-bond donors (Lipinski definition) is 0. The first-order valence-electron chi connectivity index (χ1n) is 7.94. The summed E-state index contributed by atoms with van der Waals surface area (Å²) in [6, 6.07) is 6.60. The predicted molar refractivity (Wildman–Crippen MR) is 93.2 cm³/mol. The summed E-state index contributed by atoms with van der Waals surface area (Å²) in [5.41, 5.74) is 3.82. The lowest BCUT2D eigenvalue weighted by Crippen LogP contribution is -2.29. The minimum absolute atomic E-state index is 0.261. The Kier molecular flexibility index (Phi) is 5.48. The zero-order chi connectivity index (χ0) is 15.6. The second-order valence-corrected chi connectivity index (χ2v) is 8.00. The molecular weight excluding hydrogens is 326 g/mol. The lowest BCUT2D eigenvalue weighted by atomic mass is 10.00. The zero-order valence-electron chi connectivity index (χ0n) is 13.5. The molecule has 0 saturated carbocycles. The predicted octanol–water partition coefficient (Wildman–Crippen LogP) is 4.58. The number of hydrogen-bond acceptors (Lipinski definition) is 1. The Morgan fingerprint density at radius 1 is 1.29 bits per heavy atom. The average molecular weight is 352 g/mol. The van der Waals surface area contributed by atoms with E-state index < -0.39 is 0 Å². The largest absolute Gasteiger partial charge is 0.312 e. The normalized spacial score (nSPS) is 15.7. The fourth-order valence-electron chi connectivity index (χ4n) is 2.76. The van der Waals surface area contributed by atoms with Crippen molar-refractivity contribution in [1.29, 1.82) is 0 Å². The molecule has 116 valence electrons. The van der Waals surface area contributed by atoms with Crippen LogP contribution < -0.4 is 4.90 Å². The van der Waals surface area contributed by atoms with E-state index in [0.717, 1.165) is 25.1 Å². The van der Waals surface area contributed by atoms with E-state index in [-0.39, 0.29) is 5.91 Å². The summed E-state index contributed by atoms with van der Waals surface area (Å²) in [4.78, 5) is 14.8. The Morgan fingerprint density at radius 3 is 2.62 bits per heavy atom. The summed E-state index contributed by atoms with van der Waals surface area (Å²) in [5, 5.41) is 0. The fourth-order valence-corrected chi connectivity index (χ4v) is 3.14. The molecule has 1 atom stereocenters. The summed E-state index contributed by atoms with van der Waals surface area (Å²) in [7, 11) is 0. The Morgan fingerprint density at radius 2 is 2.00 bits per heavy atom. The van der Waals surface area contributed by atoms with Gasteiger partial charge < -0.3 is 4.90 Å². The van der Waals surface area contributed by atoms with E-state index in [4.69, 9.17) is 0 Å². The third-order valence-corrected chi connectivity index (χ3v) is 5.46. The average Bonchev–Trinajstić information content (AvgIpc) is 2.80. The van der Waals surface area contributed by atoms with Gasteiger partial charge in [0.25, 0.3) is 0 Å². The van der Waals surface area contributed by atoms with Crippen LogP contribution in [0.2, 0.25) is 0 Å². The van der Waals surface area contributed by atoms with Crippen LogP contribution in [0.3, 0.4) is 0 Å². The van der Waals surface area contributed by atoms with Crippen LogP contribution in [0.1, 0.15) is 45.2 Å². The molecule has 1 unspecified atom stereocenters. The topological polar surface area (TPSA) is 20.3 Å². The molecule has 0 spiro atoms. The number of benzene rings is 1. The van der Waals surface area contributed by atoms with Crippen molar-refractivity contribution in [1.82, 2.24) is 0 Å². The van der Waals surface area contributed by atoms with E-state index in [1.165, 1.54) is 11.1 Å². The molecule has 0 aromatic heterocycles. The Balaban J connectivity index is 2.11. The molecule has 3 heteroatoms. The van der Waals surface area contributed by atoms with Gasteiger partial charge in [0.1, 0.15) is 0 Å². The smallest absolute Gasteiger partial charge is 0.227 e. The molecule has 1 heterocycles. The van der Waals surface area contributed by atoms with Gasteiger partial charge in [-0.2, -0.15) is 0 Å². The van der Waals surface area contributed by atoms with Crippen molar-refractivity contribution in [2.24, 2.45) is 11.8 Å². The van der Waals surface area contributed by atoms with Crippen molar-refractivity contribution in [3.63, 3.8) is 0 Å². The second-order valence-electron chi connectivity index (χ2n) is 6.82. The van der Waals surface area contributed by atoms with Gasteiger partial charge in [-0.05, 0) is 41.9 Å².